The number of carbonyl (C=O) groups excluding carboxylic acids is 1. The molecule has 1 N–H and O–H groups in total. The molecule has 0 spiro atoms. The average molecular weight is 380 g/mol. The molecule has 0 saturated heterocycles. The first-order valence-corrected chi connectivity index (χ1v) is 7.04. The Hall–Kier alpha value is -1.02. The molecule has 0 unspecified atom stereocenters. The van der Waals surface area contributed by atoms with Crippen molar-refractivity contribution in [3.8, 4) is 11.5 Å². The number of esters is 1. The molecule has 5 nitrogen and oxygen atoms in total. The zero-order chi connectivity index (χ0) is 14.3. The number of benzene rings is 1. The lowest BCUT2D eigenvalue weighted by atomic mass is 10.2. The van der Waals surface area contributed by atoms with Crippen LogP contribution in [0.15, 0.2) is 12.1 Å². The highest BCUT2D eigenvalue weighted by Gasteiger charge is 2.14. The highest BCUT2D eigenvalue weighted by molar-refractivity contribution is 14.1. The zero-order valence-electron chi connectivity index (χ0n) is 10.9. The minimum atomic E-state index is -0.424. The van der Waals surface area contributed by atoms with Gasteiger partial charge in [-0.2, -0.15) is 0 Å². The first kappa shape index (κ1) is 16.0. The second-order valence-corrected chi connectivity index (χ2v) is 4.75. The number of rotatable bonds is 7. The SMILES string of the molecule is CCOC(=O)COc1c(I)cc(CO)cc1OCC. The molecule has 1 aromatic rings. The van der Waals surface area contributed by atoms with Crippen LogP contribution in [-0.4, -0.2) is 30.9 Å². The summed E-state index contributed by atoms with van der Waals surface area (Å²) in [6.45, 7) is 4.15. The van der Waals surface area contributed by atoms with Gasteiger partial charge in [0.15, 0.2) is 18.1 Å². The molecule has 0 aromatic heterocycles. The fourth-order valence-corrected chi connectivity index (χ4v) is 2.27. The van der Waals surface area contributed by atoms with Crippen molar-refractivity contribution in [1.82, 2.24) is 0 Å². The van der Waals surface area contributed by atoms with Crippen molar-refractivity contribution >= 4 is 28.6 Å². The Bertz CT molecular complexity index is 433. The standard InChI is InChI=1S/C13H17IO5/c1-3-17-11-6-9(7-15)5-10(14)13(11)19-8-12(16)18-4-2/h5-6,15H,3-4,7-8H2,1-2H3. The minimum Gasteiger partial charge on any atom is -0.490 e. The molecule has 19 heavy (non-hydrogen) atoms. The summed E-state index contributed by atoms with van der Waals surface area (Å²) in [5.41, 5.74) is 0.733. The molecule has 0 bridgehead atoms. The second-order valence-electron chi connectivity index (χ2n) is 3.59. The van der Waals surface area contributed by atoms with Gasteiger partial charge < -0.3 is 19.3 Å². The lowest BCUT2D eigenvalue weighted by Crippen LogP contribution is -2.15. The number of aliphatic hydroxyl groups is 1. The monoisotopic (exact) mass is 380 g/mol. The number of ether oxygens (including phenoxy) is 3. The van der Waals surface area contributed by atoms with Gasteiger partial charge in [0.1, 0.15) is 0 Å². The number of hydrogen-bond donors (Lipinski definition) is 1. The van der Waals surface area contributed by atoms with Gasteiger partial charge in [0, 0.05) is 0 Å². The van der Waals surface area contributed by atoms with Gasteiger partial charge in [0.25, 0.3) is 0 Å². The summed E-state index contributed by atoms with van der Waals surface area (Å²) in [5, 5.41) is 9.16. The smallest absolute Gasteiger partial charge is 0.344 e. The van der Waals surface area contributed by atoms with Crippen molar-refractivity contribution in [1.29, 1.82) is 0 Å². The normalized spacial score (nSPS) is 10.1. The summed E-state index contributed by atoms with van der Waals surface area (Å²) in [6.07, 6.45) is 0. The van der Waals surface area contributed by atoms with E-state index in [-0.39, 0.29) is 13.2 Å². The fraction of sp³-hybridized carbons (Fsp3) is 0.462. The van der Waals surface area contributed by atoms with E-state index in [1.807, 2.05) is 6.92 Å². The van der Waals surface area contributed by atoms with Crippen molar-refractivity contribution in [3.05, 3.63) is 21.3 Å². The first-order valence-electron chi connectivity index (χ1n) is 5.96. The van der Waals surface area contributed by atoms with Gasteiger partial charge in [-0.05, 0) is 54.1 Å². The highest BCUT2D eigenvalue weighted by atomic mass is 127. The summed E-state index contributed by atoms with van der Waals surface area (Å²) in [4.78, 5) is 11.3. The number of halogens is 1. The van der Waals surface area contributed by atoms with E-state index in [2.05, 4.69) is 22.6 Å². The van der Waals surface area contributed by atoms with E-state index in [0.29, 0.717) is 24.7 Å². The van der Waals surface area contributed by atoms with E-state index in [9.17, 15) is 4.79 Å². The molecular formula is C13H17IO5. The molecule has 1 rings (SSSR count). The fourth-order valence-electron chi connectivity index (χ4n) is 1.45. The Balaban J connectivity index is 2.88. The topological polar surface area (TPSA) is 65.0 Å². The Morgan fingerprint density at radius 1 is 1.26 bits per heavy atom. The molecule has 0 amide bonds. The van der Waals surface area contributed by atoms with E-state index in [4.69, 9.17) is 19.3 Å². The quantitative estimate of drug-likeness (QED) is 0.580. The molecule has 0 heterocycles. The maximum absolute atomic E-state index is 11.3. The molecule has 0 radical (unpaired) electrons. The van der Waals surface area contributed by atoms with Gasteiger partial charge in [-0.15, -0.1) is 0 Å². The van der Waals surface area contributed by atoms with Crippen molar-refractivity contribution in [3.63, 3.8) is 0 Å². The maximum atomic E-state index is 11.3. The largest absolute Gasteiger partial charge is 0.490 e. The molecule has 1 aromatic carbocycles. The van der Waals surface area contributed by atoms with Crippen LogP contribution in [0.1, 0.15) is 19.4 Å². The van der Waals surface area contributed by atoms with Gasteiger partial charge in [-0.1, -0.05) is 0 Å². The summed E-state index contributed by atoms with van der Waals surface area (Å²) in [6, 6.07) is 3.48. The third kappa shape index (κ3) is 4.87. The Kier molecular flexibility index (Phi) is 6.93. The van der Waals surface area contributed by atoms with Crippen molar-refractivity contribution in [2.24, 2.45) is 0 Å². The van der Waals surface area contributed by atoms with Crippen molar-refractivity contribution in [2.75, 3.05) is 19.8 Å². The molecule has 0 aliphatic rings. The van der Waals surface area contributed by atoms with E-state index in [1.54, 1.807) is 19.1 Å². The van der Waals surface area contributed by atoms with Crippen LogP contribution in [0.3, 0.4) is 0 Å². The van der Waals surface area contributed by atoms with Gasteiger partial charge in [-0.25, -0.2) is 4.79 Å². The molecular weight excluding hydrogens is 363 g/mol. The van der Waals surface area contributed by atoms with Crippen molar-refractivity contribution in [2.45, 2.75) is 20.5 Å². The summed E-state index contributed by atoms with van der Waals surface area (Å²) in [7, 11) is 0. The summed E-state index contributed by atoms with van der Waals surface area (Å²) < 4.78 is 16.5. The zero-order valence-corrected chi connectivity index (χ0v) is 13.1. The van der Waals surface area contributed by atoms with Gasteiger partial charge >= 0.3 is 5.97 Å². The minimum absolute atomic E-state index is 0.0752. The molecule has 0 fully saturated rings. The highest BCUT2D eigenvalue weighted by Crippen LogP contribution is 2.34. The van der Waals surface area contributed by atoms with E-state index in [1.165, 1.54) is 0 Å². The van der Waals surface area contributed by atoms with Crippen LogP contribution in [0, 0.1) is 3.57 Å². The van der Waals surface area contributed by atoms with Crippen LogP contribution in [0.2, 0.25) is 0 Å². The van der Waals surface area contributed by atoms with Gasteiger partial charge in [0.2, 0.25) is 0 Å². The number of carbonyl (C=O) groups is 1. The van der Waals surface area contributed by atoms with Crippen LogP contribution in [-0.2, 0) is 16.1 Å². The molecule has 0 saturated carbocycles. The van der Waals surface area contributed by atoms with Gasteiger partial charge in [0.05, 0.1) is 23.4 Å². The number of hydrogen-bond acceptors (Lipinski definition) is 5. The Morgan fingerprint density at radius 3 is 2.58 bits per heavy atom. The van der Waals surface area contributed by atoms with E-state index >= 15 is 0 Å². The first-order chi connectivity index (χ1) is 9.12. The predicted molar refractivity (Wildman–Crippen MR) is 78.4 cm³/mol. The molecule has 6 heteroatoms. The van der Waals surface area contributed by atoms with Crippen LogP contribution in [0.25, 0.3) is 0 Å². The third-order valence-corrected chi connectivity index (χ3v) is 2.99. The van der Waals surface area contributed by atoms with E-state index < -0.39 is 5.97 Å². The average Bonchev–Trinajstić information content (AvgIpc) is 2.38. The van der Waals surface area contributed by atoms with Crippen molar-refractivity contribution < 1.29 is 24.1 Å². The van der Waals surface area contributed by atoms with Crippen LogP contribution in [0.4, 0.5) is 0 Å². The number of aliphatic hydroxyl groups excluding tert-OH is 1. The van der Waals surface area contributed by atoms with Gasteiger partial charge in [-0.3, -0.25) is 0 Å². The molecule has 106 valence electrons. The lowest BCUT2D eigenvalue weighted by Gasteiger charge is -2.14. The van der Waals surface area contributed by atoms with Crippen LogP contribution >= 0.6 is 22.6 Å². The molecule has 0 aliphatic carbocycles. The van der Waals surface area contributed by atoms with Crippen LogP contribution < -0.4 is 9.47 Å². The molecule has 0 aliphatic heterocycles. The predicted octanol–water partition coefficient (Wildman–Crippen LogP) is 2.12. The third-order valence-electron chi connectivity index (χ3n) is 2.19. The second kappa shape index (κ2) is 8.21. The van der Waals surface area contributed by atoms with E-state index in [0.717, 1.165) is 9.13 Å². The maximum Gasteiger partial charge on any atom is 0.344 e. The molecule has 0 atom stereocenters. The lowest BCUT2D eigenvalue weighted by molar-refractivity contribution is -0.145. The Labute approximate surface area is 126 Å². The summed E-state index contributed by atoms with van der Waals surface area (Å²) >= 11 is 2.07. The summed E-state index contributed by atoms with van der Waals surface area (Å²) in [5.74, 6) is 0.586. The Morgan fingerprint density at radius 2 is 2.00 bits per heavy atom. The van der Waals surface area contributed by atoms with Crippen LogP contribution in [0.5, 0.6) is 11.5 Å².